The van der Waals surface area contributed by atoms with Gasteiger partial charge in [0.25, 0.3) is 5.79 Å². The van der Waals surface area contributed by atoms with Crippen LogP contribution in [0.5, 0.6) is 0 Å². The van der Waals surface area contributed by atoms with Gasteiger partial charge in [-0.25, -0.2) is 4.79 Å². The lowest BCUT2D eigenvalue weighted by Crippen LogP contribution is -2.70. The molecule has 0 saturated carbocycles. The normalized spacial score (nSPS) is 26.1. The molecule has 0 bridgehead atoms. The van der Waals surface area contributed by atoms with Crippen LogP contribution in [0.25, 0.3) is 0 Å². The van der Waals surface area contributed by atoms with E-state index in [2.05, 4.69) is 48.8 Å². The maximum atomic E-state index is 13.5. The summed E-state index contributed by atoms with van der Waals surface area (Å²) in [5, 5.41) is 136. The van der Waals surface area contributed by atoms with Crippen molar-refractivity contribution in [3.05, 3.63) is 36.5 Å². The van der Waals surface area contributed by atoms with E-state index in [1.807, 2.05) is 6.08 Å². The Morgan fingerprint density at radius 3 is 1.32 bits per heavy atom. The fourth-order valence-corrected chi connectivity index (χ4v) is 14.8. The van der Waals surface area contributed by atoms with Crippen molar-refractivity contribution in [3.8, 4) is 0 Å². The number of nitrogens with one attached hydrogen (secondary N) is 2. The highest BCUT2D eigenvalue weighted by molar-refractivity contribution is 5.77. The second kappa shape index (κ2) is 62.4. The number of aliphatic hydroxyl groups excluding tert-OH is 11. The minimum Gasteiger partial charge on any atom is -0.477 e. The molecule has 626 valence electrons. The lowest BCUT2D eigenvalue weighted by Gasteiger charge is -2.50. The van der Waals surface area contributed by atoms with Crippen LogP contribution < -0.4 is 10.6 Å². The van der Waals surface area contributed by atoms with Gasteiger partial charge in [0, 0.05) is 19.8 Å². The van der Waals surface area contributed by atoms with E-state index in [0.717, 1.165) is 58.3 Å². The molecule has 0 aromatic carbocycles. The molecule has 0 spiro atoms. The molecule has 3 rings (SSSR count). The fraction of sp³-hybridized carbons (Fsp3) is 0.893. The first-order valence-electron chi connectivity index (χ1n) is 42.9. The molecule has 14 N–H and O–H groups in total. The number of unbranched alkanes of at least 4 members (excludes halogenated alkanes) is 44. The van der Waals surface area contributed by atoms with Crippen molar-refractivity contribution in [1.82, 2.24) is 10.6 Å². The van der Waals surface area contributed by atoms with E-state index in [1.54, 1.807) is 6.08 Å². The maximum Gasteiger partial charge on any atom is 0.364 e. The molecule has 2 amide bonds. The summed E-state index contributed by atoms with van der Waals surface area (Å²) in [7, 11) is 0. The molecule has 18 unspecified atom stereocenters. The molecular weight excluding hydrogens is 1370 g/mol. The fourth-order valence-electron chi connectivity index (χ4n) is 14.8. The maximum absolute atomic E-state index is 13.5. The zero-order chi connectivity index (χ0) is 78.1. The van der Waals surface area contributed by atoms with Crippen LogP contribution in [0.4, 0.5) is 0 Å². The number of carboxylic acids is 1. The molecule has 3 aliphatic heterocycles. The van der Waals surface area contributed by atoms with Gasteiger partial charge in [-0.3, -0.25) is 9.59 Å². The number of carbonyl (C=O) groups excluding carboxylic acids is 2. The van der Waals surface area contributed by atoms with Crippen molar-refractivity contribution in [3.63, 3.8) is 0 Å². The first-order valence-corrected chi connectivity index (χ1v) is 42.9. The average Bonchev–Trinajstić information content (AvgIpc) is 0.754. The number of aliphatic hydroxyl groups is 11. The van der Waals surface area contributed by atoms with Gasteiger partial charge in [0.05, 0.1) is 50.7 Å². The van der Waals surface area contributed by atoms with Crippen molar-refractivity contribution < 1.29 is 104 Å². The Balaban J connectivity index is 1.42. The number of rotatable bonds is 68. The first-order chi connectivity index (χ1) is 51.9. The minimum atomic E-state index is -3.08. The molecule has 3 aliphatic rings. The van der Waals surface area contributed by atoms with Gasteiger partial charge in [-0.1, -0.05) is 307 Å². The molecule has 0 aliphatic carbocycles. The number of carboxylic acid groups (broad SMARTS) is 1. The van der Waals surface area contributed by atoms with Crippen LogP contribution in [-0.2, 0) is 42.8 Å². The van der Waals surface area contributed by atoms with Gasteiger partial charge in [-0.05, 0) is 51.4 Å². The van der Waals surface area contributed by atoms with Gasteiger partial charge in [0.1, 0.15) is 67.1 Å². The minimum absolute atomic E-state index is 0.202. The van der Waals surface area contributed by atoms with Crippen molar-refractivity contribution in [2.75, 3.05) is 26.4 Å². The Morgan fingerprint density at radius 1 is 0.495 bits per heavy atom. The second-order valence-corrected chi connectivity index (χ2v) is 31.0. The number of amides is 2. The molecule has 3 heterocycles. The van der Waals surface area contributed by atoms with Gasteiger partial charge < -0.3 is 100 Å². The highest BCUT2D eigenvalue weighted by Crippen LogP contribution is 2.39. The third-order valence-electron chi connectivity index (χ3n) is 21.6. The Morgan fingerprint density at radius 2 is 0.907 bits per heavy atom. The summed E-state index contributed by atoms with van der Waals surface area (Å²) in [6.07, 6.45) is 43.5. The van der Waals surface area contributed by atoms with E-state index >= 15 is 0 Å². The highest BCUT2D eigenvalue weighted by atomic mass is 16.8. The summed E-state index contributed by atoms with van der Waals surface area (Å²) < 4.78 is 34.9. The number of hydrogen-bond acceptors (Lipinski definition) is 20. The Bertz CT molecular complexity index is 2270. The van der Waals surface area contributed by atoms with E-state index < -0.39 is 155 Å². The third-order valence-corrected chi connectivity index (χ3v) is 21.6. The summed E-state index contributed by atoms with van der Waals surface area (Å²) >= 11 is 0. The van der Waals surface area contributed by atoms with Crippen LogP contribution in [-0.4, -0.2) is 215 Å². The van der Waals surface area contributed by atoms with Crippen LogP contribution in [0.3, 0.4) is 0 Å². The zero-order valence-electron chi connectivity index (χ0n) is 66.5. The van der Waals surface area contributed by atoms with Crippen LogP contribution in [0.15, 0.2) is 36.5 Å². The molecule has 18 atom stereocenters. The Hall–Kier alpha value is -3.05. The van der Waals surface area contributed by atoms with Crippen LogP contribution in [0, 0.1) is 0 Å². The molecule has 23 nitrogen and oxygen atoms in total. The lowest BCUT2D eigenvalue weighted by atomic mass is 9.88. The summed E-state index contributed by atoms with van der Waals surface area (Å²) in [5.41, 5.74) is 0. The number of carbonyl (C=O) groups is 3. The number of aliphatic carboxylic acids is 1. The van der Waals surface area contributed by atoms with E-state index in [0.29, 0.717) is 12.8 Å². The van der Waals surface area contributed by atoms with Gasteiger partial charge in [0.15, 0.2) is 12.6 Å². The molecule has 3 fully saturated rings. The largest absolute Gasteiger partial charge is 0.477 e. The highest BCUT2D eigenvalue weighted by Gasteiger charge is 2.60. The van der Waals surface area contributed by atoms with Crippen molar-refractivity contribution >= 4 is 17.8 Å². The molecular formula is C84H154N2O21. The Labute approximate surface area is 644 Å². The molecule has 3 saturated heterocycles. The summed E-state index contributed by atoms with van der Waals surface area (Å²) in [5.74, 6) is -6.14. The predicted molar refractivity (Wildman–Crippen MR) is 417 cm³/mol. The molecule has 23 heteroatoms. The lowest BCUT2D eigenvalue weighted by molar-refractivity contribution is -0.386. The second-order valence-electron chi connectivity index (χ2n) is 31.0. The number of ether oxygens (including phenoxy) is 6. The van der Waals surface area contributed by atoms with E-state index in [-0.39, 0.29) is 12.3 Å². The van der Waals surface area contributed by atoms with Gasteiger partial charge >= 0.3 is 5.97 Å². The van der Waals surface area contributed by atoms with Crippen molar-refractivity contribution in [2.45, 2.75) is 452 Å². The van der Waals surface area contributed by atoms with Gasteiger partial charge in [-0.2, -0.15) is 0 Å². The third kappa shape index (κ3) is 42.1. The summed E-state index contributed by atoms with van der Waals surface area (Å²) in [6.45, 7) is 2.18. The summed E-state index contributed by atoms with van der Waals surface area (Å²) in [6, 6.07) is -2.62. The molecule has 0 aromatic heterocycles. The van der Waals surface area contributed by atoms with Gasteiger partial charge in [-0.15, -0.1) is 0 Å². The van der Waals surface area contributed by atoms with Gasteiger partial charge in [0.2, 0.25) is 11.8 Å². The van der Waals surface area contributed by atoms with Crippen LogP contribution >= 0.6 is 0 Å². The monoisotopic (exact) mass is 1530 g/mol. The average molecular weight is 1530 g/mol. The SMILES string of the molecule is CCCCCCCCCCCCCCC/C=C\C/C=C\CCCCCCCCCCCCCCCCCCCC(=O)NC(COC1OC(CO)C(OC2OC(CO)C(O)C(OC3(C(=O)O)CC(O)C(NC(C)=O)C(C(O)C(O)CO)O3)C2O)C(O)C1O)C(O)/C=C/CCCCCCCCCCCCCCCC. The van der Waals surface area contributed by atoms with E-state index in [9.17, 15) is 75.7 Å². The van der Waals surface area contributed by atoms with E-state index in [4.69, 9.17) is 28.4 Å². The first kappa shape index (κ1) is 98.1. The predicted octanol–water partition coefficient (Wildman–Crippen LogP) is 12.5. The smallest absolute Gasteiger partial charge is 0.364 e. The molecule has 107 heavy (non-hydrogen) atoms. The quantitative estimate of drug-likeness (QED) is 0.0199. The Kier molecular flexibility index (Phi) is 57.2. The van der Waals surface area contributed by atoms with Crippen molar-refractivity contribution in [1.29, 1.82) is 0 Å². The summed E-state index contributed by atoms with van der Waals surface area (Å²) in [4.78, 5) is 38.7. The topological polar surface area (TPSA) is 373 Å². The van der Waals surface area contributed by atoms with Crippen LogP contribution in [0.1, 0.15) is 342 Å². The van der Waals surface area contributed by atoms with Crippen LogP contribution in [0.2, 0.25) is 0 Å². The van der Waals surface area contributed by atoms with E-state index in [1.165, 1.54) is 244 Å². The van der Waals surface area contributed by atoms with Crippen molar-refractivity contribution in [2.24, 2.45) is 0 Å². The molecule has 0 radical (unpaired) electrons. The zero-order valence-corrected chi connectivity index (χ0v) is 66.5. The number of allylic oxidation sites excluding steroid dienone is 5. The standard InChI is InChI=1S/C84H154N2O21/c1-4-6-8-10-12-14-16-18-20-22-23-24-25-26-27-28-29-30-31-32-33-34-35-36-37-38-39-40-41-42-44-46-48-50-52-54-56-58-71(94)86-65(66(91)57-55-53-51-49-47-45-43-21-19-17-15-13-11-9-7-5-2)63-102-81-76(98)75(97)78(70(62-89)104-81)105-82-77(99)80(74(96)69(61-88)103-82)107-84(83(100)101)59-67(92)72(85-64(3)90)79(106-84)73(95)68(93)60-87/h27-28,30-31,55,57,65-70,72-82,87-89,91-93,95-99H,4-26,29,32-54,56,58-63H2,1-3H3,(H,85,90)(H,86,94)(H,100,101)/b28-27-,31-30-,57-55+. The number of hydrogen-bond donors (Lipinski definition) is 14. The molecule has 0 aromatic rings.